The molecule has 2 saturated heterocycles. The largest absolute Gasteiger partial charge is 0.381 e. The van der Waals surface area contributed by atoms with Crippen molar-refractivity contribution in [2.45, 2.75) is 24.7 Å². The summed E-state index contributed by atoms with van der Waals surface area (Å²) in [6.45, 7) is 3.83. The van der Waals surface area contributed by atoms with Gasteiger partial charge in [-0.3, -0.25) is 9.78 Å². The fourth-order valence-electron chi connectivity index (χ4n) is 5.25. The molecular weight excluding hydrogens is 400 g/mol. The van der Waals surface area contributed by atoms with E-state index >= 15 is 0 Å². The number of hydrogen-bond donors (Lipinski definition) is 0. The molecule has 1 unspecified atom stereocenters. The zero-order valence-electron chi connectivity index (χ0n) is 18.4. The van der Waals surface area contributed by atoms with Gasteiger partial charge in [0.2, 0.25) is 5.91 Å². The molecule has 5 heteroatoms. The van der Waals surface area contributed by atoms with Gasteiger partial charge in [0.1, 0.15) is 0 Å². The van der Waals surface area contributed by atoms with Crippen LogP contribution in [0.4, 0.5) is 0 Å². The Balaban J connectivity index is 1.40. The molecule has 0 spiro atoms. The van der Waals surface area contributed by atoms with Crippen LogP contribution in [-0.4, -0.2) is 55.3 Å². The number of ether oxygens (including phenoxy) is 2. The van der Waals surface area contributed by atoms with Crippen LogP contribution in [0, 0.1) is 5.92 Å². The SMILES string of the molecule is O=C(N1CCOCC(Cc2cncc3ccccc23)C1)C1(c2ccccc2)CCOCC1. The standard InChI is InChI=1S/C27H30N2O3/c30-26(27(10-13-31-14-11-27)24-7-2-1-3-8-24)29-12-15-32-20-21(19-29)16-23-18-28-17-22-6-4-5-9-25(22)23/h1-9,17-18,21H,10-16,19-20H2. The molecule has 0 aliphatic carbocycles. The molecular formula is C27H30N2O3. The summed E-state index contributed by atoms with van der Waals surface area (Å²) in [4.78, 5) is 20.5. The predicted molar refractivity (Wildman–Crippen MR) is 125 cm³/mol. The second-order valence-corrected chi connectivity index (χ2v) is 8.98. The number of aromatic nitrogens is 1. The fraction of sp³-hybridized carbons (Fsp3) is 0.407. The molecule has 1 aromatic heterocycles. The molecule has 1 atom stereocenters. The maximum atomic E-state index is 14.0. The van der Waals surface area contributed by atoms with Gasteiger partial charge in [0.05, 0.1) is 18.6 Å². The quantitative estimate of drug-likeness (QED) is 0.628. The minimum atomic E-state index is -0.505. The molecule has 1 amide bonds. The summed E-state index contributed by atoms with van der Waals surface area (Å²) in [6, 6.07) is 18.6. The molecule has 2 aromatic carbocycles. The first-order valence-electron chi connectivity index (χ1n) is 11.6. The van der Waals surface area contributed by atoms with E-state index in [1.807, 2.05) is 36.7 Å². The van der Waals surface area contributed by atoms with E-state index < -0.39 is 5.41 Å². The molecule has 0 saturated carbocycles. The summed E-state index contributed by atoms with van der Waals surface area (Å²) in [5.41, 5.74) is 1.82. The van der Waals surface area contributed by atoms with E-state index in [9.17, 15) is 4.79 Å². The van der Waals surface area contributed by atoms with Gasteiger partial charge in [0, 0.05) is 50.0 Å². The third-order valence-corrected chi connectivity index (χ3v) is 6.97. The second kappa shape index (κ2) is 9.39. The molecule has 0 N–H and O–H groups in total. The molecule has 2 aliphatic heterocycles. The lowest BCUT2D eigenvalue weighted by Gasteiger charge is -2.40. The number of rotatable bonds is 4. The monoisotopic (exact) mass is 430 g/mol. The topological polar surface area (TPSA) is 51.7 Å². The van der Waals surface area contributed by atoms with E-state index in [1.54, 1.807) is 0 Å². The van der Waals surface area contributed by atoms with Crippen LogP contribution in [0.5, 0.6) is 0 Å². The Morgan fingerprint density at radius 3 is 2.59 bits per heavy atom. The Bertz CT molecular complexity index is 1060. The molecule has 5 nitrogen and oxygen atoms in total. The third kappa shape index (κ3) is 4.15. The van der Waals surface area contributed by atoms with Gasteiger partial charge in [-0.25, -0.2) is 0 Å². The first-order valence-corrected chi connectivity index (χ1v) is 11.6. The molecule has 166 valence electrons. The van der Waals surface area contributed by atoms with Crippen LogP contribution in [0.2, 0.25) is 0 Å². The van der Waals surface area contributed by atoms with Gasteiger partial charge in [-0.2, -0.15) is 0 Å². The summed E-state index contributed by atoms with van der Waals surface area (Å²) >= 11 is 0. The summed E-state index contributed by atoms with van der Waals surface area (Å²) in [7, 11) is 0. The number of nitrogens with zero attached hydrogens (tertiary/aromatic N) is 2. The van der Waals surface area contributed by atoms with Gasteiger partial charge in [0.25, 0.3) is 0 Å². The second-order valence-electron chi connectivity index (χ2n) is 8.98. The first-order chi connectivity index (χ1) is 15.8. The highest BCUT2D eigenvalue weighted by Gasteiger charge is 2.44. The van der Waals surface area contributed by atoms with Gasteiger partial charge in [-0.05, 0) is 35.8 Å². The van der Waals surface area contributed by atoms with E-state index in [1.165, 1.54) is 10.9 Å². The van der Waals surface area contributed by atoms with Crippen LogP contribution in [0.15, 0.2) is 67.0 Å². The minimum Gasteiger partial charge on any atom is -0.381 e. The van der Waals surface area contributed by atoms with Gasteiger partial charge in [-0.15, -0.1) is 0 Å². The summed E-state index contributed by atoms with van der Waals surface area (Å²) in [5.74, 6) is 0.459. The van der Waals surface area contributed by atoms with Gasteiger partial charge in [0.15, 0.2) is 0 Å². The third-order valence-electron chi connectivity index (χ3n) is 6.97. The Morgan fingerprint density at radius 1 is 0.969 bits per heavy atom. The number of fused-ring (bicyclic) bond motifs is 1. The van der Waals surface area contributed by atoms with E-state index in [0.717, 1.165) is 30.2 Å². The van der Waals surface area contributed by atoms with Crippen molar-refractivity contribution in [3.63, 3.8) is 0 Å². The van der Waals surface area contributed by atoms with Crippen molar-refractivity contribution in [3.8, 4) is 0 Å². The van der Waals surface area contributed by atoms with Crippen molar-refractivity contribution in [2.75, 3.05) is 39.5 Å². The molecule has 3 heterocycles. The lowest BCUT2D eigenvalue weighted by Crippen LogP contribution is -2.51. The van der Waals surface area contributed by atoms with Crippen molar-refractivity contribution >= 4 is 16.7 Å². The van der Waals surface area contributed by atoms with E-state index in [4.69, 9.17) is 9.47 Å². The van der Waals surface area contributed by atoms with Gasteiger partial charge < -0.3 is 14.4 Å². The Labute approximate surface area is 189 Å². The van der Waals surface area contributed by atoms with Crippen molar-refractivity contribution in [3.05, 3.63) is 78.1 Å². The van der Waals surface area contributed by atoms with Crippen molar-refractivity contribution in [1.82, 2.24) is 9.88 Å². The minimum absolute atomic E-state index is 0.221. The number of benzene rings is 2. The number of carbonyl (C=O) groups is 1. The Morgan fingerprint density at radius 2 is 1.75 bits per heavy atom. The van der Waals surface area contributed by atoms with Crippen LogP contribution in [0.3, 0.4) is 0 Å². The zero-order valence-corrected chi connectivity index (χ0v) is 18.4. The lowest BCUT2D eigenvalue weighted by molar-refractivity contribution is -0.141. The van der Waals surface area contributed by atoms with E-state index in [2.05, 4.69) is 40.2 Å². The molecule has 3 aromatic rings. The van der Waals surface area contributed by atoms with Crippen LogP contribution >= 0.6 is 0 Å². The predicted octanol–water partition coefficient (Wildman–Crippen LogP) is 4.00. The first kappa shape index (κ1) is 21.1. The summed E-state index contributed by atoms with van der Waals surface area (Å²) in [6.07, 6.45) is 6.17. The molecule has 0 radical (unpaired) electrons. The fourth-order valence-corrected chi connectivity index (χ4v) is 5.25. The average Bonchev–Trinajstić information content (AvgIpc) is 3.10. The highest BCUT2D eigenvalue weighted by atomic mass is 16.5. The molecule has 0 bridgehead atoms. The maximum absolute atomic E-state index is 14.0. The van der Waals surface area contributed by atoms with Crippen molar-refractivity contribution in [2.24, 2.45) is 5.92 Å². The molecule has 2 aliphatic rings. The number of hydrogen-bond acceptors (Lipinski definition) is 4. The van der Waals surface area contributed by atoms with Crippen LogP contribution in [0.25, 0.3) is 10.8 Å². The van der Waals surface area contributed by atoms with Gasteiger partial charge in [-0.1, -0.05) is 54.6 Å². The molecule has 32 heavy (non-hydrogen) atoms. The van der Waals surface area contributed by atoms with Crippen LogP contribution in [0.1, 0.15) is 24.0 Å². The number of carbonyl (C=O) groups excluding carboxylic acids is 1. The summed E-state index contributed by atoms with van der Waals surface area (Å²) < 4.78 is 11.6. The van der Waals surface area contributed by atoms with Crippen molar-refractivity contribution in [1.29, 1.82) is 0 Å². The van der Waals surface area contributed by atoms with Crippen LogP contribution < -0.4 is 0 Å². The number of amides is 1. The van der Waals surface area contributed by atoms with Crippen molar-refractivity contribution < 1.29 is 14.3 Å². The smallest absolute Gasteiger partial charge is 0.233 e. The zero-order chi connectivity index (χ0) is 21.8. The molecule has 2 fully saturated rings. The van der Waals surface area contributed by atoms with Crippen LogP contribution in [-0.2, 0) is 26.1 Å². The molecule has 5 rings (SSSR count). The Hall–Kier alpha value is -2.76. The summed E-state index contributed by atoms with van der Waals surface area (Å²) in [5, 5.41) is 2.38. The van der Waals surface area contributed by atoms with E-state index in [-0.39, 0.29) is 11.8 Å². The van der Waals surface area contributed by atoms with E-state index in [0.29, 0.717) is 39.5 Å². The number of pyridine rings is 1. The van der Waals surface area contributed by atoms with Gasteiger partial charge >= 0.3 is 0 Å². The highest BCUT2D eigenvalue weighted by Crippen LogP contribution is 2.37. The maximum Gasteiger partial charge on any atom is 0.233 e. The Kier molecular flexibility index (Phi) is 6.19. The lowest BCUT2D eigenvalue weighted by atomic mass is 9.73. The average molecular weight is 431 g/mol. The normalized spacial score (nSPS) is 21.2. The highest BCUT2D eigenvalue weighted by molar-refractivity contribution is 5.88.